The lowest BCUT2D eigenvalue weighted by molar-refractivity contribution is 0.497. The molecule has 0 saturated carbocycles. The van der Waals surface area contributed by atoms with E-state index in [0.29, 0.717) is 0 Å². The number of anilines is 1. The largest absolute Gasteiger partial charge is 0.387 e. The van der Waals surface area contributed by atoms with Gasteiger partial charge in [0.2, 0.25) is 0 Å². The van der Waals surface area contributed by atoms with Gasteiger partial charge in [-0.15, -0.1) is 5.10 Å². The van der Waals surface area contributed by atoms with Gasteiger partial charge >= 0.3 is 11.6 Å². The fourth-order valence-corrected chi connectivity index (χ4v) is 0.283. The van der Waals surface area contributed by atoms with Crippen LogP contribution in [0.15, 0.2) is 15.4 Å². The van der Waals surface area contributed by atoms with Gasteiger partial charge < -0.3 is 10.2 Å². The minimum Gasteiger partial charge on any atom is -0.387 e. The Hall–Kier alpha value is -1.39. The van der Waals surface area contributed by atoms with Crippen LogP contribution in [0.4, 0.5) is 6.01 Å². The molecule has 0 fully saturated rings. The van der Waals surface area contributed by atoms with Crippen LogP contribution in [0.5, 0.6) is 0 Å². The summed E-state index contributed by atoms with van der Waals surface area (Å²) in [6, 6.07) is -0.211. The third kappa shape index (κ3) is 0.810. The zero-order valence-corrected chi connectivity index (χ0v) is 3.87. The molecule has 1 aromatic heterocycles. The SMILES string of the molecule is Nc1nncc(=O)o1. The number of aromatic nitrogens is 2. The smallest absolute Gasteiger partial charge is 0.359 e. The number of rotatable bonds is 0. The minimum atomic E-state index is -0.586. The highest BCUT2D eigenvalue weighted by atomic mass is 16.4. The molecule has 1 rings (SSSR count). The fraction of sp³-hybridized carbons (Fsp3) is 0. The van der Waals surface area contributed by atoms with Gasteiger partial charge in [-0.3, -0.25) is 0 Å². The first-order valence-electron chi connectivity index (χ1n) is 1.87. The highest BCUT2D eigenvalue weighted by molar-refractivity contribution is 5.01. The van der Waals surface area contributed by atoms with Crippen LogP contribution < -0.4 is 11.4 Å². The number of hydrogen-bond acceptors (Lipinski definition) is 5. The van der Waals surface area contributed by atoms with Crippen LogP contribution in [-0.4, -0.2) is 10.2 Å². The van der Waals surface area contributed by atoms with Gasteiger partial charge in [0, 0.05) is 0 Å². The lowest BCUT2D eigenvalue weighted by atomic mass is 10.9. The van der Waals surface area contributed by atoms with Crippen LogP contribution in [0.3, 0.4) is 0 Å². The molecule has 0 saturated heterocycles. The Morgan fingerprint density at radius 2 is 2.50 bits per heavy atom. The molecular weight excluding hydrogens is 110 g/mol. The molecule has 8 heavy (non-hydrogen) atoms. The second kappa shape index (κ2) is 1.61. The highest BCUT2D eigenvalue weighted by Crippen LogP contribution is 1.80. The lowest BCUT2D eigenvalue weighted by Crippen LogP contribution is -2.03. The van der Waals surface area contributed by atoms with Gasteiger partial charge in [0.15, 0.2) is 0 Å². The normalized spacial score (nSPS) is 9.00. The molecule has 0 radical (unpaired) electrons. The molecule has 1 aromatic rings. The molecule has 0 bridgehead atoms. The summed E-state index contributed by atoms with van der Waals surface area (Å²) in [5.74, 6) is 0. The Morgan fingerprint density at radius 1 is 1.75 bits per heavy atom. The van der Waals surface area contributed by atoms with E-state index < -0.39 is 5.63 Å². The van der Waals surface area contributed by atoms with E-state index in [4.69, 9.17) is 5.73 Å². The van der Waals surface area contributed by atoms with E-state index in [1.165, 1.54) is 0 Å². The Bertz CT molecular complexity index is 230. The van der Waals surface area contributed by atoms with E-state index in [9.17, 15) is 4.79 Å². The Kier molecular flexibility index (Phi) is 0.957. The summed E-state index contributed by atoms with van der Waals surface area (Å²) >= 11 is 0. The van der Waals surface area contributed by atoms with Crippen molar-refractivity contribution in [2.75, 3.05) is 5.73 Å². The zero-order chi connectivity index (χ0) is 5.98. The van der Waals surface area contributed by atoms with Gasteiger partial charge in [-0.05, 0) is 0 Å². The molecule has 0 atom stereocenters. The van der Waals surface area contributed by atoms with Gasteiger partial charge in [-0.25, -0.2) is 4.79 Å². The maximum Gasteiger partial charge on any atom is 0.359 e. The monoisotopic (exact) mass is 113 g/mol. The summed E-state index contributed by atoms with van der Waals surface area (Å²) in [7, 11) is 0. The second-order valence-corrected chi connectivity index (χ2v) is 1.10. The van der Waals surface area contributed by atoms with Crippen LogP contribution in [0, 0.1) is 0 Å². The lowest BCUT2D eigenvalue weighted by Gasteiger charge is -1.81. The Balaban J connectivity index is 3.28. The standard InChI is InChI=1S/C3H3N3O2/c4-3-6-5-1-2(7)8-3/h1H,(H2,4,6). The molecule has 2 N–H and O–H groups in total. The number of nitrogen functional groups attached to an aromatic ring is 1. The fourth-order valence-electron chi connectivity index (χ4n) is 0.283. The van der Waals surface area contributed by atoms with E-state index in [2.05, 4.69) is 14.6 Å². The predicted molar refractivity (Wildman–Crippen MR) is 25.0 cm³/mol. The first-order chi connectivity index (χ1) is 3.79. The molecule has 0 aromatic carbocycles. The van der Waals surface area contributed by atoms with E-state index in [-0.39, 0.29) is 6.01 Å². The average molecular weight is 113 g/mol. The maximum atomic E-state index is 10.1. The van der Waals surface area contributed by atoms with Crippen molar-refractivity contribution in [2.24, 2.45) is 0 Å². The van der Waals surface area contributed by atoms with Crippen molar-refractivity contribution in [3.8, 4) is 0 Å². The molecular formula is C3H3N3O2. The average Bonchev–Trinajstić information content (AvgIpc) is 1.64. The van der Waals surface area contributed by atoms with Crippen molar-refractivity contribution < 1.29 is 4.42 Å². The third-order valence-electron chi connectivity index (χ3n) is 0.525. The van der Waals surface area contributed by atoms with Crippen LogP contribution in [-0.2, 0) is 0 Å². The quantitative estimate of drug-likeness (QED) is 0.467. The molecule has 0 spiro atoms. The molecule has 0 unspecified atom stereocenters. The predicted octanol–water partition coefficient (Wildman–Crippen LogP) is -0.988. The van der Waals surface area contributed by atoms with E-state index >= 15 is 0 Å². The van der Waals surface area contributed by atoms with Crippen molar-refractivity contribution >= 4 is 6.01 Å². The summed E-state index contributed by atoms with van der Waals surface area (Å²) in [4.78, 5) is 10.1. The van der Waals surface area contributed by atoms with Crippen molar-refractivity contribution in [3.63, 3.8) is 0 Å². The topological polar surface area (TPSA) is 82.0 Å². The number of nitrogens with zero attached hydrogens (tertiary/aromatic N) is 2. The first-order valence-corrected chi connectivity index (χ1v) is 1.87. The molecule has 0 aliphatic rings. The van der Waals surface area contributed by atoms with Crippen molar-refractivity contribution in [2.45, 2.75) is 0 Å². The van der Waals surface area contributed by atoms with Crippen molar-refractivity contribution in [1.82, 2.24) is 10.2 Å². The molecule has 0 aliphatic carbocycles. The maximum absolute atomic E-state index is 10.1. The summed E-state index contributed by atoms with van der Waals surface area (Å²) in [6.45, 7) is 0. The summed E-state index contributed by atoms with van der Waals surface area (Å²) in [5.41, 5.74) is 4.33. The molecule has 0 aliphatic heterocycles. The third-order valence-corrected chi connectivity index (χ3v) is 0.525. The van der Waals surface area contributed by atoms with E-state index in [1.54, 1.807) is 0 Å². The Labute approximate surface area is 44.1 Å². The summed E-state index contributed by atoms with van der Waals surface area (Å²) in [6.07, 6.45) is 0.941. The minimum absolute atomic E-state index is 0.211. The molecule has 5 nitrogen and oxygen atoms in total. The summed E-state index contributed by atoms with van der Waals surface area (Å²) in [5, 5.41) is 6.40. The van der Waals surface area contributed by atoms with Gasteiger partial charge in [-0.1, -0.05) is 5.10 Å². The molecule has 42 valence electrons. The van der Waals surface area contributed by atoms with Gasteiger partial charge in [0.05, 0.1) is 0 Å². The Morgan fingerprint density at radius 3 is 2.88 bits per heavy atom. The first kappa shape index (κ1) is 4.76. The number of hydrogen-bond donors (Lipinski definition) is 1. The van der Waals surface area contributed by atoms with Crippen molar-refractivity contribution in [1.29, 1.82) is 0 Å². The van der Waals surface area contributed by atoms with E-state index in [0.717, 1.165) is 6.20 Å². The van der Waals surface area contributed by atoms with Crippen LogP contribution >= 0.6 is 0 Å². The van der Waals surface area contributed by atoms with Gasteiger partial charge in [0.1, 0.15) is 6.20 Å². The second-order valence-electron chi connectivity index (χ2n) is 1.10. The van der Waals surface area contributed by atoms with Crippen molar-refractivity contribution in [3.05, 3.63) is 16.6 Å². The molecule has 0 amide bonds. The van der Waals surface area contributed by atoms with Gasteiger partial charge in [0.25, 0.3) is 0 Å². The summed E-state index contributed by atoms with van der Waals surface area (Å²) < 4.78 is 4.23. The zero-order valence-electron chi connectivity index (χ0n) is 3.87. The van der Waals surface area contributed by atoms with E-state index in [1.807, 2.05) is 0 Å². The highest BCUT2D eigenvalue weighted by Gasteiger charge is 1.86. The van der Waals surface area contributed by atoms with Crippen LogP contribution in [0.2, 0.25) is 0 Å². The van der Waals surface area contributed by atoms with Crippen LogP contribution in [0.1, 0.15) is 0 Å². The molecule has 5 heteroatoms. The van der Waals surface area contributed by atoms with Crippen LogP contribution in [0.25, 0.3) is 0 Å². The molecule has 1 heterocycles. The number of nitrogens with two attached hydrogens (primary N) is 1. The van der Waals surface area contributed by atoms with Gasteiger partial charge in [-0.2, -0.15) is 0 Å².